The summed E-state index contributed by atoms with van der Waals surface area (Å²) in [6.07, 6.45) is 0.786. The molecule has 1 saturated heterocycles. The van der Waals surface area contributed by atoms with Crippen molar-refractivity contribution in [2.24, 2.45) is 5.73 Å². The minimum absolute atomic E-state index is 0. The van der Waals surface area contributed by atoms with E-state index in [0.29, 0.717) is 31.5 Å². The second-order valence-corrected chi connectivity index (χ2v) is 9.37. The van der Waals surface area contributed by atoms with Crippen molar-refractivity contribution in [3.63, 3.8) is 0 Å². The number of carbonyl (C=O) groups is 3. The number of nitriles is 1. The van der Waals surface area contributed by atoms with Gasteiger partial charge in [-0.3, -0.25) is 14.4 Å². The Balaban J connectivity index is 0.00000533. The highest BCUT2D eigenvalue weighted by molar-refractivity contribution is 5.90. The molecule has 4 unspecified atom stereocenters. The van der Waals surface area contributed by atoms with E-state index < -0.39 is 59.3 Å². The molecule has 0 spiro atoms. The summed E-state index contributed by atoms with van der Waals surface area (Å²) < 4.78 is 41.5. The van der Waals surface area contributed by atoms with Gasteiger partial charge in [0.1, 0.15) is 17.9 Å². The van der Waals surface area contributed by atoms with Crippen molar-refractivity contribution in [3.05, 3.63) is 71.0 Å². The van der Waals surface area contributed by atoms with E-state index in [1.165, 1.54) is 11.8 Å². The lowest BCUT2D eigenvalue weighted by Crippen LogP contribution is -2.53. The molecule has 3 amide bonds. The number of nitrogens with one attached hydrogen (secondary N) is 2. The third kappa shape index (κ3) is 8.70. The van der Waals surface area contributed by atoms with E-state index in [1.807, 2.05) is 30.3 Å². The van der Waals surface area contributed by atoms with Crippen molar-refractivity contribution in [2.75, 3.05) is 6.54 Å². The molecule has 0 aromatic heterocycles. The van der Waals surface area contributed by atoms with Crippen LogP contribution in [0.3, 0.4) is 0 Å². The Kier molecular flexibility index (Phi) is 11.8. The second-order valence-electron chi connectivity index (χ2n) is 9.37. The topological polar surface area (TPSA) is 128 Å². The molecule has 2 aromatic rings. The Morgan fingerprint density at radius 2 is 1.72 bits per heavy atom. The summed E-state index contributed by atoms with van der Waals surface area (Å²) >= 11 is 0. The van der Waals surface area contributed by atoms with Gasteiger partial charge in [-0.2, -0.15) is 5.26 Å². The zero-order valence-electron chi connectivity index (χ0n) is 21.3. The first-order valence-electron chi connectivity index (χ1n) is 12.3. The predicted octanol–water partition coefficient (Wildman–Crippen LogP) is 2.53. The molecule has 1 aliphatic heterocycles. The highest BCUT2D eigenvalue weighted by Gasteiger charge is 2.31. The van der Waals surface area contributed by atoms with Crippen LogP contribution in [-0.2, 0) is 27.2 Å². The number of rotatable bonds is 10. The smallest absolute Gasteiger partial charge is 0.242 e. The largest absolute Gasteiger partial charge is 0.351 e. The number of halogens is 4. The van der Waals surface area contributed by atoms with Crippen LogP contribution in [0.2, 0.25) is 0 Å². The molecular weight excluding hydrogens is 535 g/mol. The molecule has 39 heavy (non-hydrogen) atoms. The summed E-state index contributed by atoms with van der Waals surface area (Å²) in [7, 11) is 0. The van der Waals surface area contributed by atoms with E-state index in [0.717, 1.165) is 5.56 Å². The average Bonchev–Trinajstić information content (AvgIpc) is 3.37. The van der Waals surface area contributed by atoms with Gasteiger partial charge in [0.15, 0.2) is 11.6 Å². The molecule has 1 heterocycles. The van der Waals surface area contributed by atoms with Crippen LogP contribution in [0.4, 0.5) is 13.2 Å². The molecule has 4 N–H and O–H groups in total. The fourth-order valence-corrected chi connectivity index (χ4v) is 4.36. The summed E-state index contributed by atoms with van der Waals surface area (Å²) in [5, 5.41) is 14.4. The number of benzene rings is 2. The van der Waals surface area contributed by atoms with Crippen molar-refractivity contribution in [3.8, 4) is 6.07 Å². The molecule has 0 saturated carbocycles. The monoisotopic (exact) mass is 565 g/mol. The van der Waals surface area contributed by atoms with Gasteiger partial charge in [0.2, 0.25) is 17.7 Å². The Hall–Kier alpha value is -3.62. The number of amides is 3. The molecule has 1 aliphatic rings. The maximum atomic E-state index is 14.4. The van der Waals surface area contributed by atoms with Crippen molar-refractivity contribution >= 4 is 30.1 Å². The lowest BCUT2D eigenvalue weighted by molar-refractivity contribution is -0.133. The van der Waals surface area contributed by atoms with Gasteiger partial charge >= 0.3 is 0 Å². The molecule has 0 bridgehead atoms. The van der Waals surface area contributed by atoms with Gasteiger partial charge in [-0.25, -0.2) is 13.2 Å². The third-order valence-corrected chi connectivity index (χ3v) is 6.43. The Labute approximate surface area is 231 Å². The summed E-state index contributed by atoms with van der Waals surface area (Å²) in [6, 6.07) is 8.62. The highest BCUT2D eigenvalue weighted by atomic mass is 35.5. The van der Waals surface area contributed by atoms with E-state index in [4.69, 9.17) is 5.73 Å². The number of hydrogen-bond donors (Lipinski definition) is 3. The van der Waals surface area contributed by atoms with Crippen LogP contribution in [0.5, 0.6) is 0 Å². The maximum absolute atomic E-state index is 14.4. The minimum Gasteiger partial charge on any atom is -0.351 e. The normalized spacial score (nSPS) is 16.8. The number of carbonyl (C=O) groups excluding carboxylic acids is 3. The van der Waals surface area contributed by atoms with Crippen LogP contribution in [0.25, 0.3) is 0 Å². The van der Waals surface area contributed by atoms with Gasteiger partial charge in [-0.05, 0) is 49.8 Å². The second kappa shape index (κ2) is 14.5. The predicted molar refractivity (Wildman–Crippen MR) is 140 cm³/mol. The van der Waals surface area contributed by atoms with Gasteiger partial charge < -0.3 is 21.3 Å². The zero-order chi connectivity index (χ0) is 27.8. The van der Waals surface area contributed by atoms with Gasteiger partial charge in [0.25, 0.3) is 0 Å². The number of hydrogen-bond acceptors (Lipinski definition) is 5. The Morgan fingerprint density at radius 1 is 1.05 bits per heavy atom. The van der Waals surface area contributed by atoms with E-state index in [-0.39, 0.29) is 37.2 Å². The molecule has 12 heteroatoms. The van der Waals surface area contributed by atoms with Crippen LogP contribution in [0.1, 0.15) is 37.3 Å². The molecule has 0 aliphatic carbocycles. The zero-order valence-corrected chi connectivity index (χ0v) is 22.1. The van der Waals surface area contributed by atoms with Gasteiger partial charge in [-0.1, -0.05) is 30.3 Å². The average molecular weight is 566 g/mol. The SMILES string of the molecule is CC(NC(=O)C(N)Cc1ccccc1)C(=O)NC(CC(=O)N1CCCC1C#N)Cc1cc(F)c(F)cc1F.Cl. The third-order valence-electron chi connectivity index (χ3n) is 6.43. The molecule has 8 nitrogen and oxygen atoms in total. The summed E-state index contributed by atoms with van der Waals surface area (Å²) in [6.45, 7) is 1.79. The lowest BCUT2D eigenvalue weighted by atomic mass is 10.0. The van der Waals surface area contributed by atoms with Gasteiger partial charge in [0.05, 0.1) is 12.1 Å². The number of nitrogens with zero attached hydrogens (tertiary/aromatic N) is 2. The maximum Gasteiger partial charge on any atom is 0.242 e. The van der Waals surface area contributed by atoms with E-state index in [2.05, 4.69) is 16.7 Å². The van der Waals surface area contributed by atoms with E-state index >= 15 is 0 Å². The first-order chi connectivity index (χ1) is 18.1. The van der Waals surface area contributed by atoms with Crippen LogP contribution in [0, 0.1) is 28.8 Å². The van der Waals surface area contributed by atoms with Crippen LogP contribution < -0.4 is 16.4 Å². The highest BCUT2D eigenvalue weighted by Crippen LogP contribution is 2.20. The Bertz CT molecular complexity index is 1210. The molecule has 2 aromatic carbocycles. The molecule has 3 rings (SSSR count). The molecular formula is C27H31ClF3N5O3. The molecule has 1 fully saturated rings. The van der Waals surface area contributed by atoms with Crippen molar-refractivity contribution in [1.29, 1.82) is 5.26 Å². The summed E-state index contributed by atoms with van der Waals surface area (Å²) in [5.41, 5.74) is 6.59. The van der Waals surface area contributed by atoms with Gasteiger partial charge in [0, 0.05) is 25.1 Å². The van der Waals surface area contributed by atoms with Crippen LogP contribution in [0.15, 0.2) is 42.5 Å². The van der Waals surface area contributed by atoms with Crippen molar-refractivity contribution < 1.29 is 27.6 Å². The molecule has 4 atom stereocenters. The standard InChI is InChI=1S/C27H30F3N5O3.ClH/c1-16(33-27(38)24(32)10-17-6-3-2-4-7-17)26(37)34-19(11-18-12-22(29)23(30)14-21(18)28)13-25(36)35-9-5-8-20(35)15-31;/h2-4,6-7,12,14,16,19-20,24H,5,8-11,13,32H2,1H3,(H,33,38)(H,34,37);1H. The summed E-state index contributed by atoms with van der Waals surface area (Å²) in [4.78, 5) is 39.8. The van der Waals surface area contributed by atoms with Gasteiger partial charge in [-0.15, -0.1) is 12.4 Å². The number of likely N-dealkylation sites (tertiary alicyclic amines) is 1. The minimum atomic E-state index is -1.36. The first kappa shape index (κ1) is 31.6. The number of nitrogens with two attached hydrogens (primary N) is 1. The van der Waals surface area contributed by atoms with Crippen LogP contribution in [-0.4, -0.2) is 53.3 Å². The Morgan fingerprint density at radius 3 is 2.38 bits per heavy atom. The van der Waals surface area contributed by atoms with Crippen molar-refractivity contribution in [2.45, 2.75) is 63.2 Å². The first-order valence-corrected chi connectivity index (χ1v) is 12.3. The lowest BCUT2D eigenvalue weighted by Gasteiger charge is -2.26. The molecule has 0 radical (unpaired) electrons. The summed E-state index contributed by atoms with van der Waals surface area (Å²) in [5.74, 6) is -5.34. The fraction of sp³-hybridized carbons (Fsp3) is 0.407. The van der Waals surface area contributed by atoms with E-state index in [1.54, 1.807) is 0 Å². The van der Waals surface area contributed by atoms with Crippen molar-refractivity contribution in [1.82, 2.24) is 15.5 Å². The van der Waals surface area contributed by atoms with E-state index in [9.17, 15) is 32.8 Å². The fourth-order valence-electron chi connectivity index (χ4n) is 4.36. The van der Waals surface area contributed by atoms with Crippen LogP contribution >= 0.6 is 12.4 Å². The quantitative estimate of drug-likeness (QED) is 0.381. The molecule has 210 valence electrons.